The molecular formula is C18H28N4O3. The molecule has 0 bridgehead atoms. The van der Waals surface area contributed by atoms with Gasteiger partial charge in [-0.3, -0.25) is 9.59 Å². The minimum atomic E-state index is -0.725. The molecule has 0 aliphatic carbocycles. The molecule has 2 atom stereocenters. The Labute approximate surface area is 148 Å². The number of likely N-dealkylation sites (N-methyl/N-ethyl adjacent to an activating group) is 1. The molecule has 7 nitrogen and oxygen atoms in total. The summed E-state index contributed by atoms with van der Waals surface area (Å²) in [6, 6.07) is 3.58. The quantitative estimate of drug-likeness (QED) is 0.823. The predicted molar refractivity (Wildman–Crippen MR) is 94.5 cm³/mol. The number of rotatable bonds is 5. The lowest BCUT2D eigenvalue weighted by Gasteiger charge is -2.29. The van der Waals surface area contributed by atoms with Gasteiger partial charge in [0.25, 0.3) is 5.91 Å². The number of nitrogens with zero attached hydrogens (tertiary/aromatic N) is 3. The lowest BCUT2D eigenvalue weighted by atomic mass is 9.75. The molecule has 0 saturated carbocycles. The van der Waals surface area contributed by atoms with Crippen LogP contribution in [0, 0.1) is 11.3 Å². The van der Waals surface area contributed by atoms with Gasteiger partial charge >= 0.3 is 5.97 Å². The van der Waals surface area contributed by atoms with Crippen molar-refractivity contribution in [3.63, 3.8) is 0 Å². The number of carbonyl (C=O) groups is 2. The van der Waals surface area contributed by atoms with E-state index in [1.807, 2.05) is 25.1 Å². The van der Waals surface area contributed by atoms with Crippen LogP contribution in [0.5, 0.6) is 0 Å². The second kappa shape index (κ2) is 7.17. The van der Waals surface area contributed by atoms with Crippen molar-refractivity contribution >= 4 is 11.9 Å². The van der Waals surface area contributed by atoms with Crippen molar-refractivity contribution < 1.29 is 14.7 Å². The zero-order valence-electron chi connectivity index (χ0n) is 15.1. The summed E-state index contributed by atoms with van der Waals surface area (Å²) < 4.78 is 0. The molecule has 138 valence electrons. The first-order valence-corrected chi connectivity index (χ1v) is 8.95. The van der Waals surface area contributed by atoms with E-state index in [-0.39, 0.29) is 11.8 Å². The highest BCUT2D eigenvalue weighted by Gasteiger charge is 2.53. The average Bonchev–Trinajstić information content (AvgIpc) is 3.17. The molecule has 2 aliphatic heterocycles. The molecule has 2 fully saturated rings. The Morgan fingerprint density at radius 3 is 2.84 bits per heavy atom. The average molecular weight is 348 g/mol. The fourth-order valence-electron chi connectivity index (χ4n) is 4.22. The van der Waals surface area contributed by atoms with Crippen LogP contribution < -0.4 is 0 Å². The summed E-state index contributed by atoms with van der Waals surface area (Å²) in [6.07, 6.45) is 3.11. The van der Waals surface area contributed by atoms with E-state index in [0.717, 1.165) is 26.1 Å². The van der Waals surface area contributed by atoms with Crippen molar-refractivity contribution in [1.82, 2.24) is 19.7 Å². The van der Waals surface area contributed by atoms with Crippen LogP contribution in [-0.4, -0.2) is 90.0 Å². The number of likely N-dealkylation sites (tertiary alicyclic amines) is 2. The van der Waals surface area contributed by atoms with Gasteiger partial charge in [0.05, 0.1) is 5.41 Å². The standard InChI is InChI=1S/C18H28N4O3/c1-20(2)9-10-21-11-14-12-22(16(23)15-5-3-7-19-15)8-4-6-18(14,13-21)17(24)25/h3,5,7,14,19H,4,6,8-13H2,1-2H3,(H,24,25)/t14-,18+/m0/s1. The first-order valence-electron chi connectivity index (χ1n) is 8.95. The molecular weight excluding hydrogens is 320 g/mol. The van der Waals surface area contributed by atoms with E-state index in [2.05, 4.69) is 14.8 Å². The van der Waals surface area contributed by atoms with Crippen LogP contribution in [0.25, 0.3) is 0 Å². The van der Waals surface area contributed by atoms with Gasteiger partial charge in [0.1, 0.15) is 5.69 Å². The number of aliphatic carboxylic acids is 1. The summed E-state index contributed by atoms with van der Waals surface area (Å²) in [4.78, 5) is 34.0. The monoisotopic (exact) mass is 348 g/mol. The van der Waals surface area contributed by atoms with Crippen LogP contribution in [0.15, 0.2) is 18.3 Å². The molecule has 7 heteroatoms. The summed E-state index contributed by atoms with van der Waals surface area (Å²) in [5.74, 6) is -0.759. The molecule has 1 aromatic heterocycles. The fraction of sp³-hybridized carbons (Fsp3) is 0.667. The predicted octanol–water partition coefficient (Wildman–Crippen LogP) is 0.815. The third-order valence-corrected chi connectivity index (χ3v) is 5.66. The zero-order valence-corrected chi connectivity index (χ0v) is 15.1. The Balaban J connectivity index is 1.76. The summed E-state index contributed by atoms with van der Waals surface area (Å²) in [6.45, 7) is 4.25. The minimum absolute atomic E-state index is 0.0198. The normalized spacial score (nSPS) is 27.3. The van der Waals surface area contributed by atoms with Gasteiger partial charge in [-0.2, -0.15) is 0 Å². The maximum atomic E-state index is 12.7. The van der Waals surface area contributed by atoms with Gasteiger partial charge in [0.2, 0.25) is 0 Å². The van der Waals surface area contributed by atoms with Gasteiger partial charge in [-0.25, -0.2) is 0 Å². The first kappa shape index (κ1) is 17.9. The number of hydrogen-bond acceptors (Lipinski definition) is 4. The Bertz CT molecular complexity index is 616. The van der Waals surface area contributed by atoms with Crippen molar-refractivity contribution in [2.75, 3.05) is 53.4 Å². The number of nitrogens with one attached hydrogen (secondary N) is 1. The third kappa shape index (κ3) is 3.57. The molecule has 0 aromatic carbocycles. The molecule has 25 heavy (non-hydrogen) atoms. The minimum Gasteiger partial charge on any atom is -0.481 e. The molecule has 0 unspecified atom stereocenters. The number of H-pyrrole nitrogens is 1. The SMILES string of the molecule is CN(C)CCN1C[C@H]2CN(C(=O)c3ccc[nH]3)CCC[C@@]2(C(=O)O)C1. The number of aromatic nitrogens is 1. The molecule has 3 heterocycles. The molecule has 1 aromatic rings. The summed E-state index contributed by atoms with van der Waals surface area (Å²) in [5, 5.41) is 9.98. The molecule has 3 rings (SSSR count). The van der Waals surface area contributed by atoms with E-state index in [1.165, 1.54) is 0 Å². The Hall–Kier alpha value is -1.86. The summed E-state index contributed by atoms with van der Waals surface area (Å²) in [5.41, 5.74) is -0.151. The van der Waals surface area contributed by atoms with Crippen LogP contribution in [0.4, 0.5) is 0 Å². The van der Waals surface area contributed by atoms with Crippen molar-refractivity contribution in [3.8, 4) is 0 Å². The number of carboxylic acid groups (broad SMARTS) is 1. The maximum absolute atomic E-state index is 12.7. The van der Waals surface area contributed by atoms with Gasteiger partial charge in [-0.1, -0.05) is 0 Å². The molecule has 0 spiro atoms. The summed E-state index contributed by atoms with van der Waals surface area (Å²) >= 11 is 0. The molecule has 2 aliphatic rings. The van der Waals surface area contributed by atoms with E-state index >= 15 is 0 Å². The Kier molecular flexibility index (Phi) is 5.15. The lowest BCUT2D eigenvalue weighted by molar-refractivity contribution is -0.150. The Morgan fingerprint density at radius 2 is 2.20 bits per heavy atom. The summed E-state index contributed by atoms with van der Waals surface area (Å²) in [7, 11) is 4.05. The van der Waals surface area contributed by atoms with Gasteiger partial charge in [-0.05, 0) is 39.1 Å². The van der Waals surface area contributed by atoms with Crippen molar-refractivity contribution in [2.45, 2.75) is 12.8 Å². The van der Waals surface area contributed by atoms with Gasteiger partial charge in [-0.15, -0.1) is 0 Å². The zero-order chi connectivity index (χ0) is 18.0. The van der Waals surface area contributed by atoms with Crippen molar-refractivity contribution in [3.05, 3.63) is 24.0 Å². The highest BCUT2D eigenvalue weighted by molar-refractivity contribution is 5.92. The molecule has 2 saturated heterocycles. The number of carbonyl (C=O) groups excluding carboxylic acids is 1. The van der Waals surface area contributed by atoms with E-state index in [0.29, 0.717) is 31.7 Å². The maximum Gasteiger partial charge on any atom is 0.311 e. The molecule has 2 N–H and O–H groups in total. The van der Waals surface area contributed by atoms with Crippen LogP contribution in [0.2, 0.25) is 0 Å². The second-order valence-corrected chi connectivity index (χ2v) is 7.64. The largest absolute Gasteiger partial charge is 0.481 e. The lowest BCUT2D eigenvalue weighted by Crippen LogP contribution is -2.42. The van der Waals surface area contributed by atoms with Crippen LogP contribution in [0.1, 0.15) is 23.3 Å². The second-order valence-electron chi connectivity index (χ2n) is 7.64. The van der Waals surface area contributed by atoms with Crippen molar-refractivity contribution in [1.29, 1.82) is 0 Å². The van der Waals surface area contributed by atoms with Gasteiger partial charge < -0.3 is 24.8 Å². The van der Waals surface area contributed by atoms with Crippen LogP contribution in [-0.2, 0) is 4.79 Å². The fourth-order valence-corrected chi connectivity index (χ4v) is 4.22. The van der Waals surface area contributed by atoms with Crippen LogP contribution in [0.3, 0.4) is 0 Å². The Morgan fingerprint density at radius 1 is 1.40 bits per heavy atom. The highest BCUT2D eigenvalue weighted by Crippen LogP contribution is 2.43. The highest BCUT2D eigenvalue weighted by atomic mass is 16.4. The molecule has 1 amide bonds. The van der Waals surface area contributed by atoms with Gasteiger partial charge in [0, 0.05) is 51.4 Å². The van der Waals surface area contributed by atoms with E-state index in [9.17, 15) is 14.7 Å². The van der Waals surface area contributed by atoms with Crippen LogP contribution >= 0.6 is 0 Å². The number of fused-ring (bicyclic) bond motifs is 1. The van der Waals surface area contributed by atoms with E-state index in [4.69, 9.17) is 0 Å². The van der Waals surface area contributed by atoms with Gasteiger partial charge in [0.15, 0.2) is 0 Å². The smallest absolute Gasteiger partial charge is 0.311 e. The number of aromatic amines is 1. The number of hydrogen-bond donors (Lipinski definition) is 2. The topological polar surface area (TPSA) is 79.9 Å². The third-order valence-electron chi connectivity index (χ3n) is 5.66. The number of amides is 1. The molecule has 0 radical (unpaired) electrons. The first-order chi connectivity index (χ1) is 11.9. The van der Waals surface area contributed by atoms with E-state index < -0.39 is 11.4 Å². The van der Waals surface area contributed by atoms with Crippen molar-refractivity contribution in [2.24, 2.45) is 11.3 Å². The number of carboxylic acids is 1. The van der Waals surface area contributed by atoms with E-state index in [1.54, 1.807) is 12.3 Å².